The minimum atomic E-state index is -3.56. The van der Waals surface area contributed by atoms with Crippen LogP contribution in [-0.4, -0.2) is 25.2 Å². The number of rotatable bonds is 5. The van der Waals surface area contributed by atoms with Gasteiger partial charge in [0.15, 0.2) is 5.85 Å². The molecule has 0 bridgehead atoms. The highest BCUT2D eigenvalue weighted by Gasteiger charge is 2.30. The number of hydrogen-bond donors (Lipinski definition) is 1. The molecule has 0 aliphatic heterocycles. The minimum absolute atomic E-state index is 0.285. The lowest BCUT2D eigenvalue weighted by molar-refractivity contribution is 0.201. The zero-order chi connectivity index (χ0) is 13.8. The first kappa shape index (κ1) is 16.1. The zero-order valence-corrected chi connectivity index (χ0v) is 13.6. The Kier molecular flexibility index (Phi) is 6.30. The lowest BCUT2D eigenvalue weighted by atomic mass is 10.2. The molecule has 1 aromatic carbocycles. The molecule has 0 fully saturated rings. The van der Waals surface area contributed by atoms with Gasteiger partial charge in [0, 0.05) is 22.8 Å². The van der Waals surface area contributed by atoms with Crippen LogP contribution < -0.4 is 0 Å². The van der Waals surface area contributed by atoms with E-state index < -0.39 is 13.4 Å². The SMILES string of the molecule is COP(=O)(OC)C(O)/C=C(\Cl)c1ccc(I)cc1. The molecule has 1 aromatic rings. The fraction of sp³-hybridized carbons (Fsp3) is 0.273. The second kappa shape index (κ2) is 7.03. The quantitative estimate of drug-likeness (QED) is 0.603. The van der Waals surface area contributed by atoms with Gasteiger partial charge in [-0.05, 0) is 46.4 Å². The average Bonchev–Trinajstić information content (AvgIpc) is 2.38. The summed E-state index contributed by atoms with van der Waals surface area (Å²) in [6, 6.07) is 7.37. The first-order valence-electron chi connectivity index (χ1n) is 4.95. The van der Waals surface area contributed by atoms with Crippen molar-refractivity contribution in [3.63, 3.8) is 0 Å². The van der Waals surface area contributed by atoms with Gasteiger partial charge in [-0.15, -0.1) is 0 Å². The summed E-state index contributed by atoms with van der Waals surface area (Å²) in [5.41, 5.74) is 0.717. The molecule has 18 heavy (non-hydrogen) atoms. The van der Waals surface area contributed by atoms with Crippen molar-refractivity contribution in [3.05, 3.63) is 39.5 Å². The van der Waals surface area contributed by atoms with Crippen molar-refractivity contribution < 1.29 is 18.7 Å². The van der Waals surface area contributed by atoms with Crippen LogP contribution >= 0.6 is 41.8 Å². The molecule has 0 aliphatic rings. The Hall–Kier alpha value is 0.0900. The van der Waals surface area contributed by atoms with Crippen LogP contribution in [-0.2, 0) is 13.6 Å². The monoisotopic (exact) mass is 402 g/mol. The molecule has 0 aliphatic carbocycles. The lowest BCUT2D eigenvalue weighted by Gasteiger charge is -2.17. The summed E-state index contributed by atoms with van der Waals surface area (Å²) < 4.78 is 22.3. The fourth-order valence-electron chi connectivity index (χ4n) is 1.22. The predicted molar refractivity (Wildman–Crippen MR) is 80.6 cm³/mol. The number of halogens is 2. The van der Waals surface area contributed by atoms with Crippen LogP contribution in [0.15, 0.2) is 30.3 Å². The maximum atomic E-state index is 11.9. The molecule has 7 heteroatoms. The average molecular weight is 403 g/mol. The Labute approximate surface area is 125 Å². The molecule has 0 amide bonds. The van der Waals surface area contributed by atoms with E-state index >= 15 is 0 Å². The van der Waals surface area contributed by atoms with E-state index in [1.54, 1.807) is 12.1 Å². The number of benzene rings is 1. The maximum absolute atomic E-state index is 11.9. The van der Waals surface area contributed by atoms with Crippen LogP contribution in [0.4, 0.5) is 0 Å². The van der Waals surface area contributed by atoms with E-state index in [4.69, 9.17) is 11.6 Å². The standard InChI is InChI=1S/C11H13ClIO4P/c1-16-18(15,17-2)11(14)7-10(12)8-3-5-9(13)6-4-8/h3-7,11,14H,1-2H3/b10-7-. The molecule has 1 unspecified atom stereocenters. The van der Waals surface area contributed by atoms with Gasteiger partial charge in [-0.1, -0.05) is 23.7 Å². The van der Waals surface area contributed by atoms with Crippen LogP contribution in [0.5, 0.6) is 0 Å². The Bertz CT molecular complexity index is 466. The van der Waals surface area contributed by atoms with Gasteiger partial charge in [0.05, 0.1) is 0 Å². The molecule has 0 saturated carbocycles. The molecule has 0 aromatic heterocycles. The molecule has 100 valence electrons. The van der Waals surface area contributed by atoms with Gasteiger partial charge in [-0.2, -0.15) is 0 Å². The molecule has 0 radical (unpaired) electrons. The lowest BCUT2D eigenvalue weighted by Crippen LogP contribution is -2.07. The smallest absolute Gasteiger partial charge is 0.362 e. The van der Waals surface area contributed by atoms with E-state index in [1.807, 2.05) is 12.1 Å². The van der Waals surface area contributed by atoms with E-state index in [0.29, 0.717) is 0 Å². The van der Waals surface area contributed by atoms with Gasteiger partial charge in [-0.25, -0.2) is 0 Å². The van der Waals surface area contributed by atoms with Crippen molar-refractivity contribution in [1.29, 1.82) is 0 Å². The van der Waals surface area contributed by atoms with Crippen molar-refractivity contribution >= 4 is 46.8 Å². The maximum Gasteiger partial charge on any atom is 0.362 e. The number of hydrogen-bond acceptors (Lipinski definition) is 4. The highest BCUT2D eigenvalue weighted by molar-refractivity contribution is 14.1. The molecular weight excluding hydrogens is 389 g/mol. The fourth-order valence-corrected chi connectivity index (χ4v) is 2.82. The van der Waals surface area contributed by atoms with Crippen LogP contribution in [0.1, 0.15) is 5.56 Å². The summed E-state index contributed by atoms with van der Waals surface area (Å²) >= 11 is 8.21. The molecule has 0 heterocycles. The van der Waals surface area contributed by atoms with Crippen LogP contribution in [0.3, 0.4) is 0 Å². The summed E-state index contributed by atoms with van der Waals surface area (Å²) in [5.74, 6) is -1.40. The van der Waals surface area contributed by atoms with Gasteiger partial charge in [0.1, 0.15) is 0 Å². The zero-order valence-electron chi connectivity index (χ0n) is 9.84. The Morgan fingerprint density at radius 2 is 1.89 bits per heavy atom. The van der Waals surface area contributed by atoms with E-state index in [0.717, 1.165) is 9.13 Å². The first-order valence-corrected chi connectivity index (χ1v) is 8.02. The van der Waals surface area contributed by atoms with Crippen LogP contribution in [0, 0.1) is 3.57 Å². The second-order valence-electron chi connectivity index (χ2n) is 3.34. The van der Waals surface area contributed by atoms with Gasteiger partial charge < -0.3 is 14.2 Å². The van der Waals surface area contributed by atoms with Crippen molar-refractivity contribution in [2.24, 2.45) is 0 Å². The third-order valence-electron chi connectivity index (χ3n) is 2.25. The summed E-state index contributed by atoms with van der Waals surface area (Å²) in [6.07, 6.45) is 1.25. The normalized spacial score (nSPS) is 14.6. The van der Waals surface area contributed by atoms with Crippen molar-refractivity contribution in [3.8, 4) is 0 Å². The predicted octanol–water partition coefficient (Wildman–Crippen LogP) is 3.68. The van der Waals surface area contributed by atoms with Gasteiger partial charge in [-0.3, -0.25) is 4.57 Å². The highest BCUT2D eigenvalue weighted by Crippen LogP contribution is 2.51. The van der Waals surface area contributed by atoms with E-state index in [-0.39, 0.29) is 5.03 Å². The number of aliphatic hydroxyl groups excluding tert-OH is 1. The Balaban J connectivity index is 2.96. The molecule has 1 N–H and O–H groups in total. The third-order valence-corrected chi connectivity index (χ3v) is 5.13. The summed E-state index contributed by atoms with van der Waals surface area (Å²) in [5, 5.41) is 10.1. The molecule has 0 spiro atoms. The minimum Gasteiger partial charge on any atom is -0.377 e. The van der Waals surface area contributed by atoms with Gasteiger partial charge in [0.2, 0.25) is 0 Å². The molecule has 0 saturated heterocycles. The number of aliphatic hydroxyl groups is 1. The largest absolute Gasteiger partial charge is 0.377 e. The van der Waals surface area contributed by atoms with Crippen molar-refractivity contribution in [1.82, 2.24) is 0 Å². The van der Waals surface area contributed by atoms with E-state index in [9.17, 15) is 9.67 Å². The Morgan fingerprint density at radius 3 is 2.33 bits per heavy atom. The molecule has 1 atom stereocenters. The van der Waals surface area contributed by atoms with E-state index in [1.165, 1.54) is 20.3 Å². The first-order chi connectivity index (χ1) is 8.42. The molecular formula is C11H13ClIO4P. The van der Waals surface area contributed by atoms with Crippen LogP contribution in [0.25, 0.3) is 5.03 Å². The van der Waals surface area contributed by atoms with Crippen molar-refractivity contribution in [2.45, 2.75) is 5.85 Å². The summed E-state index contributed by atoms with van der Waals surface area (Å²) in [7, 11) is -1.15. The summed E-state index contributed by atoms with van der Waals surface area (Å²) in [4.78, 5) is 0. The summed E-state index contributed by atoms with van der Waals surface area (Å²) in [6.45, 7) is 0. The van der Waals surface area contributed by atoms with Crippen LogP contribution in [0.2, 0.25) is 0 Å². The topological polar surface area (TPSA) is 55.8 Å². The van der Waals surface area contributed by atoms with E-state index in [2.05, 4.69) is 31.6 Å². The third kappa shape index (κ3) is 4.05. The van der Waals surface area contributed by atoms with Crippen molar-refractivity contribution in [2.75, 3.05) is 14.2 Å². The molecule has 1 rings (SSSR count). The van der Waals surface area contributed by atoms with Gasteiger partial charge in [0.25, 0.3) is 0 Å². The van der Waals surface area contributed by atoms with Gasteiger partial charge >= 0.3 is 7.60 Å². The highest BCUT2D eigenvalue weighted by atomic mass is 127. The Morgan fingerprint density at radius 1 is 1.39 bits per heavy atom. The second-order valence-corrected chi connectivity index (χ2v) is 7.33. The molecule has 4 nitrogen and oxygen atoms in total.